The van der Waals surface area contributed by atoms with Crippen molar-refractivity contribution in [2.75, 3.05) is 106 Å². The van der Waals surface area contributed by atoms with Gasteiger partial charge in [0, 0.05) is 108 Å². The minimum absolute atomic E-state index is 0.0118. The Morgan fingerprint density at radius 1 is 0.883 bits per heavy atom. The number of rotatable bonds is 15. The van der Waals surface area contributed by atoms with Crippen molar-refractivity contribution in [1.29, 1.82) is 0 Å². The molecule has 0 aliphatic carbocycles. The first kappa shape index (κ1) is 52.3. The molecule has 3 N–H and O–H groups in total. The summed E-state index contributed by atoms with van der Waals surface area (Å²) in [6.45, 7) is 8.08. The molecular weight excluding hydrogens is 988 g/mol. The number of carbonyl (C=O) groups is 3. The predicted octanol–water partition coefficient (Wildman–Crippen LogP) is 6.79. The molecule has 406 valence electrons. The zero-order valence-corrected chi connectivity index (χ0v) is 44.0. The van der Waals surface area contributed by atoms with Crippen LogP contribution in [0.3, 0.4) is 0 Å². The lowest BCUT2D eigenvalue weighted by Gasteiger charge is -2.41. The highest BCUT2D eigenvalue weighted by Crippen LogP contribution is 2.41. The molecule has 2 aromatic heterocycles. The average Bonchev–Trinajstić information content (AvgIpc) is 3.82. The Labute approximate surface area is 447 Å². The fraction of sp³-hybridized carbons (Fsp3) is 0.517. The maximum Gasteiger partial charge on any atom is 0.319 e. The number of fused-ring (bicyclic) bond motifs is 4. The summed E-state index contributed by atoms with van der Waals surface area (Å²) in [5.41, 5.74) is 1.20. The van der Waals surface area contributed by atoms with Crippen LogP contribution in [0, 0.1) is 35.8 Å². The molecule has 3 aromatic carbocycles. The Kier molecular flexibility index (Phi) is 14.9. The van der Waals surface area contributed by atoms with E-state index in [1.165, 1.54) is 35.4 Å². The maximum absolute atomic E-state index is 17.0. The second kappa shape index (κ2) is 21.9. The molecule has 3 atom stereocenters. The third-order valence-corrected chi connectivity index (χ3v) is 17.4. The predicted molar refractivity (Wildman–Crippen MR) is 291 cm³/mol. The standard InChI is InChI=1S/C58H68F3N11O5/c1-4-43-46(59)9-5-38-27-42(74)29-44(51(38)43)53-52(60)54-45(31-62-53)55(72-33-39-6-7-40(34-72)63-39)66-57(65-54)77-26-25-69-23-17-58(61,18-24-69)30-36-13-19-70(20-14-36)32-37-15-21-71(22-16-37)41-8-10-47(49(28-41)67(2)35-73)68(3)48-11-12-50(75)64-56(48)76/h1,5,8-10,27-29,31,35-37,39-40,48,63,74H,6-7,11-26,30,32-34H2,2-3H3,(H,64,75,76). The number of imide groups is 1. The lowest BCUT2D eigenvalue weighted by Crippen LogP contribution is -2.51. The number of likely N-dealkylation sites (N-methyl/N-ethyl adjacent to an activating group) is 1. The van der Waals surface area contributed by atoms with E-state index in [1.807, 2.05) is 24.1 Å². The van der Waals surface area contributed by atoms with Gasteiger partial charge in [-0.25, -0.2) is 13.2 Å². The molecule has 19 heteroatoms. The van der Waals surface area contributed by atoms with Crippen LogP contribution in [-0.2, 0) is 14.4 Å². The van der Waals surface area contributed by atoms with E-state index < -0.39 is 23.3 Å². The van der Waals surface area contributed by atoms with Crippen LogP contribution in [0.1, 0.15) is 76.2 Å². The van der Waals surface area contributed by atoms with Gasteiger partial charge in [-0.1, -0.05) is 12.0 Å². The molecule has 5 aromatic rings. The van der Waals surface area contributed by atoms with Gasteiger partial charge < -0.3 is 39.7 Å². The van der Waals surface area contributed by atoms with Gasteiger partial charge in [0.2, 0.25) is 18.2 Å². The lowest BCUT2D eigenvalue weighted by molar-refractivity contribution is -0.134. The van der Waals surface area contributed by atoms with Gasteiger partial charge in [-0.2, -0.15) is 9.97 Å². The number of hydrogen-bond acceptors (Lipinski definition) is 14. The number of likely N-dealkylation sites (tertiary alicyclic amines) is 2. The molecule has 2 bridgehead atoms. The van der Waals surface area contributed by atoms with Gasteiger partial charge in [-0.15, -0.1) is 6.42 Å². The molecule has 6 saturated heterocycles. The number of halogens is 3. The number of ether oxygens (including phenoxy) is 1. The van der Waals surface area contributed by atoms with E-state index in [2.05, 4.69) is 52.2 Å². The molecule has 6 aliphatic rings. The van der Waals surface area contributed by atoms with Crippen LogP contribution in [0.2, 0.25) is 0 Å². The highest BCUT2D eigenvalue weighted by Gasteiger charge is 2.39. The summed E-state index contributed by atoms with van der Waals surface area (Å²) in [7, 11) is 3.54. The number of piperazine rings is 1. The van der Waals surface area contributed by atoms with Crippen molar-refractivity contribution in [3.63, 3.8) is 0 Å². The smallest absolute Gasteiger partial charge is 0.319 e. The van der Waals surface area contributed by atoms with Crippen molar-refractivity contribution in [3.8, 4) is 35.4 Å². The third-order valence-electron chi connectivity index (χ3n) is 17.4. The Bertz CT molecular complexity index is 3090. The minimum atomic E-state index is -1.22. The van der Waals surface area contributed by atoms with Gasteiger partial charge in [0.25, 0.3) is 0 Å². The number of aromatic hydroxyl groups is 1. The zero-order chi connectivity index (χ0) is 53.5. The molecular formula is C58H68F3N11O5. The Balaban J connectivity index is 0.669. The lowest BCUT2D eigenvalue weighted by atomic mass is 9.80. The van der Waals surface area contributed by atoms with Crippen molar-refractivity contribution in [1.82, 2.24) is 35.4 Å². The van der Waals surface area contributed by atoms with E-state index in [4.69, 9.17) is 16.1 Å². The van der Waals surface area contributed by atoms with Gasteiger partial charge in [-0.05, 0) is 131 Å². The van der Waals surface area contributed by atoms with Crippen molar-refractivity contribution < 1.29 is 37.4 Å². The number of phenols is 1. The second-order valence-electron chi connectivity index (χ2n) is 22.4. The van der Waals surface area contributed by atoms with Crippen LogP contribution >= 0.6 is 0 Å². The monoisotopic (exact) mass is 1060 g/mol. The van der Waals surface area contributed by atoms with Gasteiger partial charge in [-0.3, -0.25) is 29.6 Å². The number of terminal acetylenes is 1. The number of carbonyl (C=O) groups excluding carboxylic acids is 3. The molecule has 77 heavy (non-hydrogen) atoms. The van der Waals surface area contributed by atoms with Crippen molar-refractivity contribution in [2.45, 2.75) is 94.4 Å². The van der Waals surface area contributed by atoms with Gasteiger partial charge in [0.15, 0.2) is 5.82 Å². The first-order valence-corrected chi connectivity index (χ1v) is 27.4. The minimum Gasteiger partial charge on any atom is -0.508 e. The molecule has 0 radical (unpaired) electrons. The number of amides is 3. The van der Waals surface area contributed by atoms with E-state index in [9.17, 15) is 19.5 Å². The first-order chi connectivity index (χ1) is 37.2. The first-order valence-electron chi connectivity index (χ1n) is 27.4. The molecule has 3 unspecified atom stereocenters. The molecule has 11 rings (SSSR count). The number of benzene rings is 3. The topological polar surface area (TPSA) is 163 Å². The molecule has 6 aliphatic heterocycles. The molecule has 6 fully saturated rings. The number of nitrogens with zero attached hydrogens (tertiary/aromatic N) is 9. The van der Waals surface area contributed by atoms with Crippen LogP contribution in [0.15, 0.2) is 48.7 Å². The van der Waals surface area contributed by atoms with E-state index in [0.29, 0.717) is 92.5 Å². The summed E-state index contributed by atoms with van der Waals surface area (Å²) < 4.78 is 54.9. The third kappa shape index (κ3) is 10.9. The molecule has 8 heterocycles. The Hall–Kier alpha value is -6.75. The largest absolute Gasteiger partial charge is 0.508 e. The summed E-state index contributed by atoms with van der Waals surface area (Å²) in [4.78, 5) is 63.1. The number of hydrogen-bond donors (Lipinski definition) is 3. The summed E-state index contributed by atoms with van der Waals surface area (Å²) in [5.74, 6) is 1.66. The summed E-state index contributed by atoms with van der Waals surface area (Å²) in [5, 5.41) is 17.8. The summed E-state index contributed by atoms with van der Waals surface area (Å²) in [6, 6.07) is 11.6. The quantitative estimate of drug-likeness (QED) is 0.0571. The van der Waals surface area contributed by atoms with Crippen LogP contribution in [0.4, 0.5) is 36.1 Å². The number of aromatic nitrogens is 3. The van der Waals surface area contributed by atoms with E-state index in [0.717, 1.165) is 89.0 Å². The van der Waals surface area contributed by atoms with Crippen molar-refractivity contribution in [2.24, 2.45) is 11.8 Å². The normalized spacial score (nSPS) is 22.6. The fourth-order valence-electron chi connectivity index (χ4n) is 13.1. The van der Waals surface area contributed by atoms with Crippen molar-refractivity contribution in [3.05, 3.63) is 65.9 Å². The van der Waals surface area contributed by atoms with Gasteiger partial charge >= 0.3 is 6.01 Å². The Morgan fingerprint density at radius 2 is 1.62 bits per heavy atom. The fourth-order valence-corrected chi connectivity index (χ4v) is 13.1. The van der Waals surface area contributed by atoms with E-state index in [-0.39, 0.29) is 76.4 Å². The van der Waals surface area contributed by atoms with Crippen LogP contribution < -0.4 is 35.0 Å². The number of phenolic OH excluding ortho intramolecular Hbond substituents is 1. The SMILES string of the molecule is C#Cc1c(F)ccc2cc(O)cc(-c3ncc4c(N5CC6CCC(C5)N6)nc(OCCN5CCC(F)(CC6CCN(CC7CCN(c8ccc(N(C)C9CCC(=O)NC9=O)c(N(C)C=O)c8)CC7)CC6)CC5)nc4c3F)c12. The number of piperidine rings is 4. The van der Waals surface area contributed by atoms with E-state index in [1.54, 1.807) is 7.05 Å². The molecule has 0 saturated carbocycles. The molecule has 3 amide bonds. The summed E-state index contributed by atoms with van der Waals surface area (Å²) >= 11 is 0. The maximum atomic E-state index is 17.0. The Morgan fingerprint density at radius 3 is 2.34 bits per heavy atom. The van der Waals surface area contributed by atoms with Crippen LogP contribution in [0.5, 0.6) is 11.8 Å². The second-order valence-corrected chi connectivity index (χ2v) is 22.4. The number of anilines is 4. The number of pyridine rings is 1. The van der Waals surface area contributed by atoms with Gasteiger partial charge in [0.05, 0.1) is 22.3 Å². The summed E-state index contributed by atoms with van der Waals surface area (Å²) in [6.07, 6.45) is 16.4. The number of alkyl halides is 1. The molecule has 0 spiro atoms. The highest BCUT2D eigenvalue weighted by atomic mass is 19.1. The molecule has 16 nitrogen and oxygen atoms in total. The van der Waals surface area contributed by atoms with Crippen molar-refractivity contribution >= 4 is 62.8 Å². The van der Waals surface area contributed by atoms with Crippen LogP contribution in [-0.4, -0.2) is 158 Å². The average molecular weight is 1060 g/mol. The van der Waals surface area contributed by atoms with E-state index >= 15 is 13.2 Å². The zero-order valence-electron chi connectivity index (χ0n) is 44.0. The highest BCUT2D eigenvalue weighted by molar-refractivity contribution is 6.04. The van der Waals surface area contributed by atoms with Crippen LogP contribution in [0.25, 0.3) is 32.9 Å². The number of nitrogens with one attached hydrogen (secondary N) is 2. The van der Waals surface area contributed by atoms with Gasteiger partial charge in [0.1, 0.15) is 46.9 Å².